The first-order chi connectivity index (χ1) is 7.04. The number of hydrogen-bond donors (Lipinski definition) is 2. The maximum absolute atomic E-state index is 10.8. The Bertz CT molecular complexity index is 368. The van der Waals surface area contributed by atoms with Crippen molar-refractivity contribution in [1.29, 1.82) is 0 Å². The van der Waals surface area contributed by atoms with Crippen LogP contribution in [0.5, 0.6) is 5.75 Å². The molecule has 15 heavy (non-hydrogen) atoms. The number of methoxy groups -OCH3 is 1. The van der Waals surface area contributed by atoms with Crippen LogP contribution in [0.4, 0.5) is 0 Å². The van der Waals surface area contributed by atoms with Crippen LogP contribution in [0.15, 0.2) is 18.2 Å². The first-order valence-electron chi connectivity index (χ1n) is 4.42. The fraction of sp³-hybridized carbons (Fsp3) is 0.300. The summed E-state index contributed by atoms with van der Waals surface area (Å²) in [4.78, 5) is 10.8. The average Bonchev–Trinajstić information content (AvgIpc) is 2.18. The van der Waals surface area contributed by atoms with Gasteiger partial charge in [0.1, 0.15) is 5.75 Å². The van der Waals surface area contributed by atoms with Gasteiger partial charge >= 0.3 is 0 Å². The lowest BCUT2D eigenvalue weighted by Crippen LogP contribution is -2.38. The van der Waals surface area contributed by atoms with E-state index < -0.39 is 11.9 Å². The minimum atomic E-state index is -0.686. The minimum absolute atomic E-state index is 0.374. The zero-order valence-corrected chi connectivity index (χ0v) is 9.12. The van der Waals surface area contributed by atoms with Gasteiger partial charge in [-0.1, -0.05) is 17.7 Å². The van der Waals surface area contributed by atoms with Gasteiger partial charge in [-0.15, -0.1) is 0 Å². The fourth-order valence-corrected chi connectivity index (χ4v) is 1.47. The van der Waals surface area contributed by atoms with Gasteiger partial charge in [0.25, 0.3) is 0 Å². The van der Waals surface area contributed by atoms with Crippen molar-refractivity contribution < 1.29 is 9.53 Å². The molecule has 5 heteroatoms. The zero-order chi connectivity index (χ0) is 11.4. The van der Waals surface area contributed by atoms with Crippen molar-refractivity contribution in [1.82, 2.24) is 0 Å². The molecular formula is C10H13ClN2O2. The molecule has 1 rings (SSSR count). The Morgan fingerprint density at radius 1 is 1.60 bits per heavy atom. The van der Waals surface area contributed by atoms with Crippen molar-refractivity contribution in [3.63, 3.8) is 0 Å². The van der Waals surface area contributed by atoms with Gasteiger partial charge in [0.15, 0.2) is 0 Å². The number of primary amides is 1. The van der Waals surface area contributed by atoms with E-state index in [1.165, 1.54) is 7.11 Å². The largest absolute Gasteiger partial charge is 0.495 e. The molecule has 0 fully saturated rings. The molecule has 1 aromatic rings. The van der Waals surface area contributed by atoms with E-state index in [2.05, 4.69) is 0 Å². The lowest BCUT2D eigenvalue weighted by atomic mass is 10.1. The summed E-state index contributed by atoms with van der Waals surface area (Å²) in [6.45, 7) is 0. The lowest BCUT2D eigenvalue weighted by molar-refractivity contribution is -0.119. The van der Waals surface area contributed by atoms with E-state index in [1.807, 2.05) is 0 Å². The molecule has 4 nitrogen and oxygen atoms in total. The Labute approximate surface area is 93.1 Å². The standard InChI is InChI=1S/C10H13ClN2O2/c1-15-9-3-2-6(4-7(9)11)5-8(12)10(13)14/h2-4,8H,5,12H2,1H3,(H2,13,14). The molecule has 82 valence electrons. The SMILES string of the molecule is COc1ccc(CC(N)C(N)=O)cc1Cl. The van der Waals surface area contributed by atoms with Crippen molar-refractivity contribution in [3.8, 4) is 5.75 Å². The highest BCUT2D eigenvalue weighted by atomic mass is 35.5. The summed E-state index contributed by atoms with van der Waals surface area (Å²) in [6, 6.07) is 4.55. The molecule has 1 atom stereocenters. The van der Waals surface area contributed by atoms with Crippen LogP contribution in [0.3, 0.4) is 0 Å². The Morgan fingerprint density at radius 3 is 2.73 bits per heavy atom. The molecule has 0 aliphatic heterocycles. The highest BCUT2D eigenvalue weighted by Gasteiger charge is 2.11. The van der Waals surface area contributed by atoms with Crippen molar-refractivity contribution in [2.45, 2.75) is 12.5 Å². The van der Waals surface area contributed by atoms with E-state index in [-0.39, 0.29) is 0 Å². The molecule has 0 saturated carbocycles. The van der Waals surface area contributed by atoms with Gasteiger partial charge < -0.3 is 16.2 Å². The molecule has 0 aliphatic rings. The van der Waals surface area contributed by atoms with E-state index in [4.69, 9.17) is 27.8 Å². The summed E-state index contributed by atoms with van der Waals surface area (Å²) < 4.78 is 5.00. The van der Waals surface area contributed by atoms with Crippen LogP contribution in [0.1, 0.15) is 5.56 Å². The van der Waals surface area contributed by atoms with Crippen LogP contribution in [-0.4, -0.2) is 19.1 Å². The zero-order valence-electron chi connectivity index (χ0n) is 8.37. The second-order valence-corrected chi connectivity index (χ2v) is 3.59. The van der Waals surface area contributed by atoms with Gasteiger partial charge in [-0.25, -0.2) is 0 Å². The summed E-state index contributed by atoms with van der Waals surface area (Å²) >= 11 is 5.91. The summed E-state index contributed by atoms with van der Waals surface area (Å²) in [6.07, 6.45) is 0.374. The molecule has 4 N–H and O–H groups in total. The predicted molar refractivity (Wildman–Crippen MR) is 58.9 cm³/mol. The Kier molecular flexibility index (Phi) is 3.94. The Morgan fingerprint density at radius 2 is 2.27 bits per heavy atom. The van der Waals surface area contributed by atoms with E-state index in [0.717, 1.165) is 5.56 Å². The summed E-state index contributed by atoms with van der Waals surface area (Å²) in [7, 11) is 1.54. The van der Waals surface area contributed by atoms with Gasteiger partial charge in [0.05, 0.1) is 18.2 Å². The second kappa shape index (κ2) is 5.00. The number of benzene rings is 1. The number of nitrogens with two attached hydrogens (primary N) is 2. The number of hydrogen-bond acceptors (Lipinski definition) is 3. The van der Waals surface area contributed by atoms with Gasteiger partial charge in [-0.3, -0.25) is 4.79 Å². The first kappa shape index (κ1) is 11.8. The number of carbonyl (C=O) groups excluding carboxylic acids is 1. The number of ether oxygens (including phenoxy) is 1. The molecule has 0 heterocycles. The first-order valence-corrected chi connectivity index (χ1v) is 4.79. The average molecular weight is 229 g/mol. The summed E-state index contributed by atoms with van der Waals surface area (Å²) in [5, 5.41) is 0.492. The molecule has 0 spiro atoms. The topological polar surface area (TPSA) is 78.3 Å². The molecule has 0 aliphatic carbocycles. The molecular weight excluding hydrogens is 216 g/mol. The number of carbonyl (C=O) groups is 1. The van der Waals surface area contributed by atoms with E-state index in [0.29, 0.717) is 17.2 Å². The second-order valence-electron chi connectivity index (χ2n) is 3.18. The van der Waals surface area contributed by atoms with Crippen molar-refractivity contribution in [3.05, 3.63) is 28.8 Å². The highest BCUT2D eigenvalue weighted by Crippen LogP contribution is 2.25. The van der Waals surface area contributed by atoms with Crippen LogP contribution in [0.25, 0.3) is 0 Å². The highest BCUT2D eigenvalue weighted by molar-refractivity contribution is 6.32. The molecule has 1 amide bonds. The number of rotatable bonds is 4. The van der Waals surface area contributed by atoms with Crippen LogP contribution in [0, 0.1) is 0 Å². The van der Waals surface area contributed by atoms with Crippen LogP contribution >= 0.6 is 11.6 Å². The third-order valence-electron chi connectivity index (χ3n) is 2.04. The quantitative estimate of drug-likeness (QED) is 0.797. The van der Waals surface area contributed by atoms with E-state index in [1.54, 1.807) is 18.2 Å². The molecule has 1 unspecified atom stereocenters. The third-order valence-corrected chi connectivity index (χ3v) is 2.33. The van der Waals surface area contributed by atoms with Crippen molar-refractivity contribution >= 4 is 17.5 Å². The minimum Gasteiger partial charge on any atom is -0.495 e. The summed E-state index contributed by atoms with van der Waals surface area (Å²) in [5.41, 5.74) is 11.4. The van der Waals surface area contributed by atoms with Crippen LogP contribution in [0.2, 0.25) is 5.02 Å². The number of amides is 1. The maximum atomic E-state index is 10.8. The van der Waals surface area contributed by atoms with Gasteiger partial charge in [-0.05, 0) is 24.1 Å². The fourth-order valence-electron chi connectivity index (χ4n) is 1.19. The van der Waals surface area contributed by atoms with E-state index in [9.17, 15) is 4.79 Å². The molecule has 1 aromatic carbocycles. The van der Waals surface area contributed by atoms with Crippen LogP contribution < -0.4 is 16.2 Å². The van der Waals surface area contributed by atoms with E-state index >= 15 is 0 Å². The van der Waals surface area contributed by atoms with Gasteiger partial charge in [0.2, 0.25) is 5.91 Å². The van der Waals surface area contributed by atoms with Gasteiger partial charge in [-0.2, -0.15) is 0 Å². The monoisotopic (exact) mass is 228 g/mol. The van der Waals surface area contributed by atoms with Crippen molar-refractivity contribution in [2.24, 2.45) is 11.5 Å². The summed E-state index contributed by atoms with van der Waals surface area (Å²) in [5.74, 6) is 0.0648. The third kappa shape index (κ3) is 3.11. The molecule has 0 aromatic heterocycles. The molecule has 0 radical (unpaired) electrons. The number of halogens is 1. The maximum Gasteiger partial charge on any atom is 0.234 e. The normalized spacial score (nSPS) is 12.2. The molecule has 0 saturated heterocycles. The van der Waals surface area contributed by atoms with Crippen molar-refractivity contribution in [2.75, 3.05) is 7.11 Å². The lowest BCUT2D eigenvalue weighted by Gasteiger charge is -2.09. The Balaban J connectivity index is 2.79. The molecule has 0 bridgehead atoms. The van der Waals surface area contributed by atoms with Gasteiger partial charge in [0, 0.05) is 0 Å². The Hall–Kier alpha value is -1.26. The smallest absolute Gasteiger partial charge is 0.234 e. The predicted octanol–water partition coefficient (Wildman–Crippen LogP) is 0.704. The van der Waals surface area contributed by atoms with Crippen LogP contribution in [-0.2, 0) is 11.2 Å².